The molecule has 0 atom stereocenters. The zero-order chi connectivity index (χ0) is 13.7. The van der Waals surface area contributed by atoms with Crippen molar-refractivity contribution in [2.24, 2.45) is 5.92 Å². The molecule has 3 heteroatoms. The second-order valence-electron chi connectivity index (χ2n) is 5.29. The molecule has 1 fully saturated rings. The molecule has 1 saturated carbocycles. The van der Waals surface area contributed by atoms with Gasteiger partial charge in [-0.2, -0.15) is 0 Å². The largest absolute Gasteiger partial charge is 0.478 e. The Morgan fingerprint density at radius 3 is 2.53 bits per heavy atom. The van der Waals surface area contributed by atoms with Crippen LogP contribution in [-0.4, -0.2) is 24.7 Å². The zero-order valence-electron chi connectivity index (χ0n) is 11.4. The molecule has 0 bridgehead atoms. The number of anilines is 1. The number of hydrogen-bond acceptors (Lipinski definition) is 2. The summed E-state index contributed by atoms with van der Waals surface area (Å²) in [5.41, 5.74) is 2.11. The van der Waals surface area contributed by atoms with Gasteiger partial charge in [-0.05, 0) is 42.5 Å². The molecule has 1 N–H and O–H groups in total. The summed E-state index contributed by atoms with van der Waals surface area (Å²) in [5, 5.41) is 8.58. The van der Waals surface area contributed by atoms with E-state index >= 15 is 0 Å². The highest BCUT2D eigenvalue weighted by Gasteiger charge is 2.16. The maximum absolute atomic E-state index is 10.4. The second-order valence-corrected chi connectivity index (χ2v) is 5.29. The highest BCUT2D eigenvalue weighted by Crippen LogP contribution is 2.26. The summed E-state index contributed by atoms with van der Waals surface area (Å²) >= 11 is 0. The minimum absolute atomic E-state index is 0.830. The molecule has 102 valence electrons. The molecule has 3 nitrogen and oxygen atoms in total. The number of hydrogen-bond donors (Lipinski definition) is 1. The van der Waals surface area contributed by atoms with Crippen molar-refractivity contribution in [3.8, 4) is 0 Å². The van der Waals surface area contributed by atoms with Crippen molar-refractivity contribution in [2.45, 2.75) is 25.7 Å². The highest BCUT2D eigenvalue weighted by atomic mass is 16.4. The average Bonchev–Trinajstić information content (AvgIpc) is 2.89. The molecule has 0 aliphatic heterocycles. The number of carboxylic acid groups (broad SMARTS) is 1. The topological polar surface area (TPSA) is 40.5 Å². The first-order valence-corrected chi connectivity index (χ1v) is 6.87. The maximum Gasteiger partial charge on any atom is 0.328 e. The fourth-order valence-electron chi connectivity index (χ4n) is 2.69. The van der Waals surface area contributed by atoms with Gasteiger partial charge in [-0.1, -0.05) is 25.0 Å². The molecule has 0 saturated heterocycles. The molecule has 0 radical (unpaired) electrons. The monoisotopic (exact) mass is 259 g/mol. The molecular formula is C16H21NO2. The van der Waals surface area contributed by atoms with Crippen LogP contribution in [0.4, 0.5) is 5.69 Å². The molecule has 1 aliphatic rings. The van der Waals surface area contributed by atoms with Crippen LogP contribution in [0.3, 0.4) is 0 Å². The summed E-state index contributed by atoms with van der Waals surface area (Å²) in [6, 6.07) is 8.02. The van der Waals surface area contributed by atoms with E-state index in [4.69, 9.17) is 5.11 Å². The van der Waals surface area contributed by atoms with E-state index in [9.17, 15) is 4.79 Å². The normalized spacial score (nSPS) is 16.1. The van der Waals surface area contributed by atoms with Gasteiger partial charge in [0.1, 0.15) is 0 Å². The summed E-state index contributed by atoms with van der Waals surface area (Å²) < 4.78 is 0. The summed E-state index contributed by atoms with van der Waals surface area (Å²) in [4.78, 5) is 12.7. The van der Waals surface area contributed by atoms with Crippen molar-refractivity contribution < 1.29 is 9.90 Å². The van der Waals surface area contributed by atoms with Gasteiger partial charge in [0, 0.05) is 25.4 Å². The highest BCUT2D eigenvalue weighted by molar-refractivity contribution is 5.85. The van der Waals surface area contributed by atoms with Crippen LogP contribution in [0, 0.1) is 5.92 Å². The zero-order valence-corrected chi connectivity index (χ0v) is 11.4. The summed E-state index contributed by atoms with van der Waals surface area (Å²) in [6.45, 7) is 1.12. The van der Waals surface area contributed by atoms with E-state index in [0.29, 0.717) is 0 Å². The Morgan fingerprint density at radius 1 is 1.32 bits per heavy atom. The molecule has 1 aromatic carbocycles. The van der Waals surface area contributed by atoms with E-state index in [1.165, 1.54) is 31.4 Å². The first-order chi connectivity index (χ1) is 9.15. The first-order valence-electron chi connectivity index (χ1n) is 6.87. The number of nitrogens with zero attached hydrogens (tertiary/aromatic N) is 1. The van der Waals surface area contributed by atoms with Crippen molar-refractivity contribution in [2.75, 3.05) is 18.5 Å². The van der Waals surface area contributed by atoms with Crippen molar-refractivity contribution in [3.63, 3.8) is 0 Å². The van der Waals surface area contributed by atoms with Gasteiger partial charge in [0.25, 0.3) is 0 Å². The third-order valence-corrected chi connectivity index (χ3v) is 3.76. The predicted molar refractivity (Wildman–Crippen MR) is 78.3 cm³/mol. The third kappa shape index (κ3) is 4.12. The van der Waals surface area contributed by atoms with E-state index in [1.54, 1.807) is 6.08 Å². The summed E-state index contributed by atoms with van der Waals surface area (Å²) in [5.74, 6) is -0.0842. The second kappa shape index (κ2) is 6.41. The van der Waals surface area contributed by atoms with Gasteiger partial charge in [-0.3, -0.25) is 0 Å². The van der Waals surface area contributed by atoms with Gasteiger partial charge >= 0.3 is 5.97 Å². The van der Waals surface area contributed by atoms with Crippen LogP contribution in [-0.2, 0) is 4.79 Å². The van der Waals surface area contributed by atoms with Gasteiger partial charge in [-0.25, -0.2) is 4.79 Å². The molecule has 1 aromatic rings. The van der Waals surface area contributed by atoms with Gasteiger partial charge < -0.3 is 10.0 Å². The van der Waals surface area contributed by atoms with Crippen molar-refractivity contribution in [1.29, 1.82) is 0 Å². The molecular weight excluding hydrogens is 238 g/mol. The Morgan fingerprint density at radius 2 is 1.95 bits per heavy atom. The summed E-state index contributed by atoms with van der Waals surface area (Å²) in [6.07, 6.45) is 8.22. The van der Waals surface area contributed by atoms with Crippen LogP contribution >= 0.6 is 0 Å². The van der Waals surface area contributed by atoms with Gasteiger partial charge in [0.15, 0.2) is 0 Å². The Kier molecular flexibility index (Phi) is 4.61. The van der Waals surface area contributed by atoms with Gasteiger partial charge in [-0.15, -0.1) is 0 Å². The van der Waals surface area contributed by atoms with Crippen molar-refractivity contribution in [3.05, 3.63) is 35.9 Å². The number of rotatable bonds is 5. The Bertz CT molecular complexity index is 444. The molecule has 2 rings (SSSR count). The standard InChI is InChI=1S/C16H21NO2/c1-17(12-14-4-2-3-5-14)15-9-6-13(7-10-15)8-11-16(18)19/h6-11,14H,2-5,12H2,1H3,(H,18,19)/b11-8+. The SMILES string of the molecule is CN(CC1CCCC1)c1ccc(/C=C/C(=O)O)cc1. The number of carboxylic acids is 1. The molecule has 0 unspecified atom stereocenters. The fourth-order valence-corrected chi connectivity index (χ4v) is 2.69. The molecule has 0 aromatic heterocycles. The maximum atomic E-state index is 10.4. The number of carbonyl (C=O) groups is 1. The Hall–Kier alpha value is -1.77. The van der Waals surface area contributed by atoms with Gasteiger partial charge in [0.05, 0.1) is 0 Å². The van der Waals surface area contributed by atoms with E-state index in [-0.39, 0.29) is 0 Å². The van der Waals surface area contributed by atoms with Crippen LogP contribution < -0.4 is 4.90 Å². The lowest BCUT2D eigenvalue weighted by Gasteiger charge is -2.23. The van der Waals surface area contributed by atoms with Crippen LogP contribution in [0.25, 0.3) is 6.08 Å². The van der Waals surface area contributed by atoms with E-state index in [2.05, 4.69) is 24.1 Å². The molecule has 0 heterocycles. The molecule has 0 spiro atoms. The van der Waals surface area contributed by atoms with Crippen LogP contribution in [0.15, 0.2) is 30.3 Å². The minimum atomic E-state index is -0.914. The van der Waals surface area contributed by atoms with Crippen molar-refractivity contribution in [1.82, 2.24) is 0 Å². The molecule has 1 aliphatic carbocycles. The number of aliphatic carboxylic acids is 1. The van der Waals surface area contributed by atoms with E-state index in [1.807, 2.05) is 12.1 Å². The average molecular weight is 259 g/mol. The molecule has 19 heavy (non-hydrogen) atoms. The fraction of sp³-hybridized carbons (Fsp3) is 0.438. The lowest BCUT2D eigenvalue weighted by molar-refractivity contribution is -0.131. The Labute approximate surface area is 114 Å². The number of benzene rings is 1. The van der Waals surface area contributed by atoms with Gasteiger partial charge in [0.2, 0.25) is 0 Å². The quantitative estimate of drug-likeness (QED) is 0.824. The van der Waals surface area contributed by atoms with Crippen molar-refractivity contribution >= 4 is 17.7 Å². The summed E-state index contributed by atoms with van der Waals surface area (Å²) in [7, 11) is 2.13. The lowest BCUT2D eigenvalue weighted by Crippen LogP contribution is -2.23. The lowest BCUT2D eigenvalue weighted by atomic mass is 10.1. The minimum Gasteiger partial charge on any atom is -0.478 e. The molecule has 0 amide bonds. The Balaban J connectivity index is 1.95. The van der Waals surface area contributed by atoms with Crippen LogP contribution in [0.5, 0.6) is 0 Å². The van der Waals surface area contributed by atoms with Crippen LogP contribution in [0.2, 0.25) is 0 Å². The van der Waals surface area contributed by atoms with Crippen LogP contribution in [0.1, 0.15) is 31.2 Å². The van der Waals surface area contributed by atoms with E-state index in [0.717, 1.165) is 24.1 Å². The smallest absolute Gasteiger partial charge is 0.328 e. The van der Waals surface area contributed by atoms with E-state index < -0.39 is 5.97 Å². The first kappa shape index (κ1) is 13.7. The predicted octanol–water partition coefficient (Wildman–Crippen LogP) is 3.41. The third-order valence-electron chi connectivity index (χ3n) is 3.76.